The number of halogens is 3. The van der Waals surface area contributed by atoms with Gasteiger partial charge in [0.05, 0.1) is 6.61 Å². The van der Waals surface area contributed by atoms with E-state index in [0.29, 0.717) is 23.5 Å². The standard InChI is InChI=1S/C20H23F2NO3.ClH/c1-4-25-19(24)20(21,22)18(23)16-10-13(2)17(14(3)11-16)26-12-15-8-6-5-7-9-15;/h5-11,18H,4,12,23H2,1-3H3;1H/t18-;/m0./s1. The first-order chi connectivity index (χ1) is 12.3. The third-order valence-electron chi connectivity index (χ3n) is 4.01. The van der Waals surface area contributed by atoms with Crippen molar-refractivity contribution in [1.82, 2.24) is 0 Å². The second-order valence-corrected chi connectivity index (χ2v) is 6.08. The smallest absolute Gasteiger partial charge is 0.379 e. The lowest BCUT2D eigenvalue weighted by molar-refractivity contribution is -0.174. The predicted octanol–water partition coefficient (Wildman–Crippen LogP) is 4.50. The van der Waals surface area contributed by atoms with Crippen molar-refractivity contribution in [3.05, 3.63) is 64.7 Å². The summed E-state index contributed by atoms with van der Waals surface area (Å²) < 4.78 is 38.6. The molecule has 0 aliphatic carbocycles. The normalized spacial score (nSPS) is 12.1. The molecule has 2 rings (SSSR count). The van der Waals surface area contributed by atoms with E-state index in [0.717, 1.165) is 5.56 Å². The monoisotopic (exact) mass is 399 g/mol. The van der Waals surface area contributed by atoms with Crippen LogP contribution in [-0.2, 0) is 16.1 Å². The SMILES string of the molecule is CCOC(=O)C(F)(F)[C@@H](N)c1cc(C)c(OCc2ccccc2)c(C)c1.Cl. The van der Waals surface area contributed by atoms with Gasteiger partial charge >= 0.3 is 11.9 Å². The minimum absolute atomic E-state index is 0. The molecule has 0 bridgehead atoms. The maximum Gasteiger partial charge on any atom is 0.379 e. The number of nitrogens with two attached hydrogens (primary N) is 1. The lowest BCUT2D eigenvalue weighted by Gasteiger charge is -2.23. The van der Waals surface area contributed by atoms with E-state index in [-0.39, 0.29) is 24.6 Å². The van der Waals surface area contributed by atoms with Crippen LogP contribution in [0.2, 0.25) is 0 Å². The van der Waals surface area contributed by atoms with Crippen LogP contribution in [0.15, 0.2) is 42.5 Å². The molecule has 27 heavy (non-hydrogen) atoms. The van der Waals surface area contributed by atoms with Crippen LogP contribution < -0.4 is 10.5 Å². The average molecular weight is 400 g/mol. The quantitative estimate of drug-likeness (QED) is 0.696. The molecule has 1 atom stereocenters. The van der Waals surface area contributed by atoms with Gasteiger partial charge in [0.1, 0.15) is 18.4 Å². The third-order valence-corrected chi connectivity index (χ3v) is 4.01. The van der Waals surface area contributed by atoms with Gasteiger partial charge in [-0.3, -0.25) is 0 Å². The zero-order valence-corrected chi connectivity index (χ0v) is 16.3. The van der Waals surface area contributed by atoms with Crippen molar-refractivity contribution in [2.45, 2.75) is 39.3 Å². The molecule has 0 fully saturated rings. The number of ether oxygens (including phenoxy) is 2. The average Bonchev–Trinajstić information content (AvgIpc) is 2.61. The van der Waals surface area contributed by atoms with Gasteiger partial charge in [-0.15, -0.1) is 12.4 Å². The molecule has 0 aromatic heterocycles. The number of aryl methyl sites for hydroxylation is 2. The van der Waals surface area contributed by atoms with Crippen molar-refractivity contribution >= 4 is 18.4 Å². The van der Waals surface area contributed by atoms with Crippen LogP contribution >= 0.6 is 12.4 Å². The van der Waals surface area contributed by atoms with E-state index in [9.17, 15) is 13.6 Å². The van der Waals surface area contributed by atoms with Gasteiger partial charge in [0.15, 0.2) is 0 Å². The number of rotatable bonds is 7. The Balaban J connectivity index is 0.00000364. The summed E-state index contributed by atoms with van der Waals surface area (Å²) in [6, 6.07) is 10.9. The van der Waals surface area contributed by atoms with Gasteiger partial charge in [-0.2, -0.15) is 8.78 Å². The molecule has 7 heteroatoms. The summed E-state index contributed by atoms with van der Waals surface area (Å²) in [6.45, 7) is 5.21. The van der Waals surface area contributed by atoms with Crippen LogP contribution in [0.5, 0.6) is 5.75 Å². The molecule has 2 aromatic carbocycles. The fourth-order valence-electron chi connectivity index (χ4n) is 2.68. The number of carbonyl (C=O) groups is 1. The molecule has 0 spiro atoms. The van der Waals surface area contributed by atoms with Crippen molar-refractivity contribution in [1.29, 1.82) is 0 Å². The Morgan fingerprint density at radius 1 is 1.15 bits per heavy atom. The minimum Gasteiger partial charge on any atom is -0.488 e. The fraction of sp³-hybridized carbons (Fsp3) is 0.350. The number of carbonyl (C=O) groups excluding carboxylic acids is 1. The van der Waals surface area contributed by atoms with Crippen molar-refractivity contribution < 1.29 is 23.0 Å². The van der Waals surface area contributed by atoms with Crippen LogP contribution in [0, 0.1) is 13.8 Å². The summed E-state index contributed by atoms with van der Waals surface area (Å²) in [4.78, 5) is 11.5. The van der Waals surface area contributed by atoms with E-state index >= 15 is 0 Å². The first kappa shape index (κ1) is 22.9. The van der Waals surface area contributed by atoms with E-state index in [4.69, 9.17) is 10.5 Å². The molecular weight excluding hydrogens is 376 g/mol. The van der Waals surface area contributed by atoms with E-state index < -0.39 is 17.9 Å². The molecular formula is C20H24ClF2NO3. The second kappa shape index (κ2) is 9.67. The molecule has 0 radical (unpaired) electrons. The Hall–Kier alpha value is -2.18. The number of esters is 1. The molecule has 0 heterocycles. The predicted molar refractivity (Wildman–Crippen MR) is 102 cm³/mol. The van der Waals surface area contributed by atoms with Gasteiger partial charge in [-0.25, -0.2) is 4.79 Å². The van der Waals surface area contributed by atoms with Gasteiger partial charge in [-0.1, -0.05) is 42.5 Å². The molecule has 2 N–H and O–H groups in total. The first-order valence-corrected chi connectivity index (χ1v) is 8.35. The third kappa shape index (κ3) is 5.40. The van der Waals surface area contributed by atoms with Crippen LogP contribution in [0.1, 0.15) is 35.2 Å². The highest BCUT2D eigenvalue weighted by molar-refractivity contribution is 5.85. The van der Waals surface area contributed by atoms with Crippen LogP contribution in [0.4, 0.5) is 8.78 Å². The van der Waals surface area contributed by atoms with E-state index in [2.05, 4.69) is 4.74 Å². The zero-order valence-electron chi connectivity index (χ0n) is 15.5. The van der Waals surface area contributed by atoms with Gasteiger partial charge in [-0.05, 0) is 43.0 Å². The largest absolute Gasteiger partial charge is 0.488 e. The maximum atomic E-state index is 14.2. The Bertz CT molecular complexity index is 746. The van der Waals surface area contributed by atoms with Crippen LogP contribution in [0.25, 0.3) is 0 Å². The lowest BCUT2D eigenvalue weighted by atomic mass is 9.96. The van der Waals surface area contributed by atoms with Crippen LogP contribution in [0.3, 0.4) is 0 Å². The molecule has 148 valence electrons. The number of benzene rings is 2. The highest BCUT2D eigenvalue weighted by Crippen LogP contribution is 2.34. The number of alkyl halides is 2. The fourth-order valence-corrected chi connectivity index (χ4v) is 2.68. The van der Waals surface area contributed by atoms with Gasteiger partial charge in [0.2, 0.25) is 0 Å². The minimum atomic E-state index is -3.80. The van der Waals surface area contributed by atoms with Gasteiger partial charge in [0, 0.05) is 0 Å². The summed E-state index contributed by atoms with van der Waals surface area (Å²) in [5.74, 6) is -4.81. The van der Waals surface area contributed by atoms with E-state index in [1.54, 1.807) is 13.8 Å². The van der Waals surface area contributed by atoms with Crippen molar-refractivity contribution in [2.75, 3.05) is 6.61 Å². The zero-order chi connectivity index (χ0) is 19.3. The lowest BCUT2D eigenvalue weighted by Crippen LogP contribution is -2.41. The summed E-state index contributed by atoms with van der Waals surface area (Å²) in [6.07, 6.45) is 0. The second-order valence-electron chi connectivity index (χ2n) is 6.08. The Morgan fingerprint density at radius 2 is 1.70 bits per heavy atom. The van der Waals surface area contributed by atoms with Gasteiger partial charge in [0.25, 0.3) is 0 Å². The summed E-state index contributed by atoms with van der Waals surface area (Å²) in [5, 5.41) is 0. The molecule has 2 aromatic rings. The highest BCUT2D eigenvalue weighted by Gasteiger charge is 2.47. The summed E-state index contributed by atoms with van der Waals surface area (Å²) in [7, 11) is 0. The Morgan fingerprint density at radius 3 is 2.22 bits per heavy atom. The van der Waals surface area contributed by atoms with Crippen LogP contribution in [-0.4, -0.2) is 18.5 Å². The maximum absolute atomic E-state index is 14.2. The molecule has 0 aliphatic rings. The molecule has 0 aliphatic heterocycles. The Labute approximate surface area is 164 Å². The molecule has 0 unspecified atom stereocenters. The topological polar surface area (TPSA) is 61.5 Å². The summed E-state index contributed by atoms with van der Waals surface area (Å²) in [5.41, 5.74) is 8.17. The highest BCUT2D eigenvalue weighted by atomic mass is 35.5. The van der Waals surface area contributed by atoms with E-state index in [1.807, 2.05) is 30.3 Å². The van der Waals surface area contributed by atoms with Gasteiger partial charge < -0.3 is 15.2 Å². The Kier molecular flexibility index (Phi) is 8.19. The number of hydrogen-bond donors (Lipinski definition) is 1. The van der Waals surface area contributed by atoms with Crippen molar-refractivity contribution in [2.24, 2.45) is 5.73 Å². The molecule has 0 amide bonds. The van der Waals surface area contributed by atoms with Crippen molar-refractivity contribution in [3.8, 4) is 5.75 Å². The summed E-state index contributed by atoms with van der Waals surface area (Å²) >= 11 is 0. The number of hydrogen-bond acceptors (Lipinski definition) is 4. The van der Waals surface area contributed by atoms with E-state index in [1.165, 1.54) is 19.1 Å². The molecule has 0 saturated heterocycles. The first-order valence-electron chi connectivity index (χ1n) is 8.35. The molecule has 4 nitrogen and oxygen atoms in total. The van der Waals surface area contributed by atoms with Crippen molar-refractivity contribution in [3.63, 3.8) is 0 Å². The molecule has 0 saturated carbocycles.